The van der Waals surface area contributed by atoms with Crippen LogP contribution in [0.3, 0.4) is 0 Å². The molecule has 1 aromatic rings. The molecule has 6 heteroatoms. The summed E-state index contributed by atoms with van der Waals surface area (Å²) < 4.78 is 10.7. The number of amidine groups is 1. The van der Waals surface area contributed by atoms with Crippen molar-refractivity contribution in [1.29, 1.82) is 0 Å². The van der Waals surface area contributed by atoms with Crippen LogP contribution in [0, 0.1) is 0 Å². The fraction of sp³-hybridized carbons (Fsp3) is 0.429. The van der Waals surface area contributed by atoms with Crippen LogP contribution in [-0.2, 0) is 4.74 Å². The summed E-state index contributed by atoms with van der Waals surface area (Å²) in [6, 6.07) is 7.92. The Bertz CT molecular complexity index is 539. The molecule has 2 heterocycles. The summed E-state index contributed by atoms with van der Waals surface area (Å²) in [4.78, 5) is 2.23. The van der Waals surface area contributed by atoms with Crippen LogP contribution in [0.1, 0.15) is 5.56 Å². The van der Waals surface area contributed by atoms with Gasteiger partial charge in [0.1, 0.15) is 5.75 Å². The summed E-state index contributed by atoms with van der Waals surface area (Å²) in [5.41, 5.74) is 1.98. The van der Waals surface area contributed by atoms with E-state index in [2.05, 4.69) is 15.1 Å². The van der Waals surface area contributed by atoms with Gasteiger partial charge in [-0.1, -0.05) is 23.9 Å². The zero-order valence-electron chi connectivity index (χ0n) is 11.4. The van der Waals surface area contributed by atoms with Gasteiger partial charge in [-0.05, 0) is 12.1 Å². The summed E-state index contributed by atoms with van der Waals surface area (Å²) in [5.74, 6) is 1.66. The Kier molecular flexibility index (Phi) is 4.22. The van der Waals surface area contributed by atoms with Gasteiger partial charge in [0.2, 0.25) is 0 Å². The van der Waals surface area contributed by atoms with E-state index in [1.165, 1.54) is 0 Å². The maximum Gasteiger partial charge on any atom is 0.186 e. The number of hydrogen-bond donors (Lipinski definition) is 0. The minimum Gasteiger partial charge on any atom is -0.496 e. The Morgan fingerprint density at radius 3 is 2.70 bits per heavy atom. The average molecular weight is 291 g/mol. The van der Waals surface area contributed by atoms with Crippen molar-refractivity contribution in [3.63, 3.8) is 0 Å². The van der Waals surface area contributed by atoms with Crippen molar-refractivity contribution in [1.82, 2.24) is 4.90 Å². The molecular formula is C14H17N3O2S. The molecule has 1 saturated heterocycles. The molecule has 0 aromatic heterocycles. The molecule has 3 rings (SSSR count). The van der Waals surface area contributed by atoms with Gasteiger partial charge in [0.05, 0.1) is 26.0 Å². The van der Waals surface area contributed by atoms with Gasteiger partial charge in [0.15, 0.2) is 5.17 Å². The second kappa shape index (κ2) is 6.28. The first-order valence-electron chi connectivity index (χ1n) is 6.62. The number of morpholine rings is 1. The fourth-order valence-electron chi connectivity index (χ4n) is 2.22. The van der Waals surface area contributed by atoms with Gasteiger partial charge in [-0.15, -0.1) is 5.10 Å². The van der Waals surface area contributed by atoms with E-state index < -0.39 is 0 Å². The second-order valence-corrected chi connectivity index (χ2v) is 5.46. The van der Waals surface area contributed by atoms with Crippen LogP contribution in [0.25, 0.3) is 0 Å². The molecule has 0 amide bonds. The van der Waals surface area contributed by atoms with Crippen LogP contribution in [0.4, 0.5) is 0 Å². The zero-order valence-corrected chi connectivity index (χ0v) is 12.2. The van der Waals surface area contributed by atoms with E-state index in [4.69, 9.17) is 9.47 Å². The number of benzene rings is 1. The van der Waals surface area contributed by atoms with Crippen molar-refractivity contribution in [2.75, 3.05) is 39.2 Å². The van der Waals surface area contributed by atoms with Crippen molar-refractivity contribution < 1.29 is 9.47 Å². The summed E-state index contributed by atoms with van der Waals surface area (Å²) in [6.07, 6.45) is 0. The molecule has 0 radical (unpaired) electrons. The average Bonchev–Trinajstić information content (AvgIpc) is 2.56. The molecule has 20 heavy (non-hydrogen) atoms. The van der Waals surface area contributed by atoms with E-state index in [1.807, 2.05) is 24.3 Å². The number of ether oxygens (including phenoxy) is 2. The lowest BCUT2D eigenvalue weighted by molar-refractivity contribution is 0.0692. The third-order valence-electron chi connectivity index (χ3n) is 3.29. The molecule has 0 N–H and O–H groups in total. The van der Waals surface area contributed by atoms with Gasteiger partial charge >= 0.3 is 0 Å². The van der Waals surface area contributed by atoms with Crippen molar-refractivity contribution in [2.24, 2.45) is 10.2 Å². The van der Waals surface area contributed by atoms with Crippen LogP contribution >= 0.6 is 11.8 Å². The largest absolute Gasteiger partial charge is 0.496 e. The smallest absolute Gasteiger partial charge is 0.186 e. The highest BCUT2D eigenvalue weighted by Gasteiger charge is 2.21. The number of nitrogens with zero attached hydrogens (tertiary/aromatic N) is 3. The van der Waals surface area contributed by atoms with E-state index in [1.54, 1.807) is 18.9 Å². The number of para-hydroxylation sites is 1. The first-order valence-corrected chi connectivity index (χ1v) is 7.60. The minimum absolute atomic E-state index is 0.767. The predicted molar refractivity (Wildman–Crippen MR) is 81.8 cm³/mol. The van der Waals surface area contributed by atoms with Gasteiger partial charge in [0.25, 0.3) is 0 Å². The van der Waals surface area contributed by atoms with Gasteiger partial charge in [0, 0.05) is 24.4 Å². The van der Waals surface area contributed by atoms with Crippen molar-refractivity contribution in [3.8, 4) is 5.75 Å². The molecule has 0 saturated carbocycles. The molecule has 2 aliphatic heterocycles. The van der Waals surface area contributed by atoms with Gasteiger partial charge in [-0.3, -0.25) is 0 Å². The van der Waals surface area contributed by atoms with Gasteiger partial charge in [-0.25, -0.2) is 0 Å². The third kappa shape index (κ3) is 2.81. The van der Waals surface area contributed by atoms with Gasteiger partial charge in [-0.2, -0.15) is 5.10 Å². The molecule has 0 atom stereocenters. The van der Waals surface area contributed by atoms with E-state index in [-0.39, 0.29) is 0 Å². The van der Waals surface area contributed by atoms with Gasteiger partial charge < -0.3 is 14.4 Å². The molecule has 5 nitrogen and oxygen atoms in total. The maximum absolute atomic E-state index is 5.38. The number of rotatable bonds is 2. The van der Waals surface area contributed by atoms with Crippen LogP contribution in [0.2, 0.25) is 0 Å². The number of methoxy groups -OCH3 is 1. The summed E-state index contributed by atoms with van der Waals surface area (Å²) >= 11 is 1.73. The Labute approximate surface area is 122 Å². The molecule has 0 spiro atoms. The Morgan fingerprint density at radius 2 is 2.00 bits per heavy atom. The van der Waals surface area contributed by atoms with Crippen LogP contribution in [0.15, 0.2) is 34.5 Å². The van der Waals surface area contributed by atoms with Crippen LogP contribution in [0.5, 0.6) is 5.75 Å². The summed E-state index contributed by atoms with van der Waals surface area (Å²) in [6.45, 7) is 3.32. The van der Waals surface area contributed by atoms with E-state index in [0.717, 1.165) is 54.2 Å². The fourth-order valence-corrected chi connectivity index (χ4v) is 3.16. The van der Waals surface area contributed by atoms with Crippen molar-refractivity contribution in [3.05, 3.63) is 29.8 Å². The molecule has 0 aliphatic carbocycles. The highest BCUT2D eigenvalue weighted by Crippen LogP contribution is 2.24. The lowest BCUT2D eigenvalue weighted by atomic mass is 10.1. The molecular weight excluding hydrogens is 274 g/mol. The van der Waals surface area contributed by atoms with Crippen LogP contribution in [-0.4, -0.2) is 54.9 Å². The lowest BCUT2D eigenvalue weighted by Crippen LogP contribution is -2.40. The quantitative estimate of drug-likeness (QED) is 0.834. The number of thioether (sulfide) groups is 1. The Morgan fingerprint density at radius 1 is 1.20 bits per heavy atom. The first kappa shape index (κ1) is 13.5. The van der Waals surface area contributed by atoms with E-state index >= 15 is 0 Å². The normalized spacial score (nSPS) is 19.4. The van der Waals surface area contributed by atoms with Crippen LogP contribution < -0.4 is 4.74 Å². The van der Waals surface area contributed by atoms with E-state index in [0.29, 0.717) is 0 Å². The van der Waals surface area contributed by atoms with Crippen molar-refractivity contribution >= 4 is 22.6 Å². The van der Waals surface area contributed by atoms with Crippen molar-refractivity contribution in [2.45, 2.75) is 0 Å². The maximum atomic E-state index is 5.38. The summed E-state index contributed by atoms with van der Waals surface area (Å²) in [5, 5.41) is 9.75. The second-order valence-electron chi connectivity index (χ2n) is 4.52. The predicted octanol–water partition coefficient (Wildman–Crippen LogP) is 1.83. The number of hydrogen-bond acceptors (Lipinski definition) is 6. The molecule has 2 aliphatic rings. The monoisotopic (exact) mass is 291 g/mol. The molecule has 0 bridgehead atoms. The lowest BCUT2D eigenvalue weighted by Gasteiger charge is -2.29. The van der Waals surface area contributed by atoms with E-state index in [9.17, 15) is 0 Å². The molecule has 1 fully saturated rings. The standard InChI is InChI=1S/C14H17N3O2S/c1-18-13-5-3-2-4-11(13)12-10-20-14(16-15-12)17-6-8-19-9-7-17/h2-5H,6-10H2,1H3. The SMILES string of the molecule is COc1ccccc1C1=NN=C(N2CCOCC2)SC1. The molecule has 0 unspecified atom stereocenters. The Balaban J connectivity index is 1.79. The topological polar surface area (TPSA) is 46.4 Å². The highest BCUT2D eigenvalue weighted by atomic mass is 32.2. The highest BCUT2D eigenvalue weighted by molar-refractivity contribution is 8.14. The molecule has 106 valence electrons. The first-order chi connectivity index (χ1) is 9.88. The summed E-state index contributed by atoms with van der Waals surface area (Å²) in [7, 11) is 1.68. The third-order valence-corrected chi connectivity index (χ3v) is 4.31. The Hall–Kier alpha value is -1.53. The zero-order chi connectivity index (χ0) is 13.8. The molecule has 1 aromatic carbocycles. The minimum atomic E-state index is 0.767.